The molecule has 0 aliphatic carbocycles. The molecule has 0 bridgehead atoms. The molecule has 0 radical (unpaired) electrons. The maximum Gasteiger partial charge on any atom is 0.135 e. The average Bonchev–Trinajstić information content (AvgIpc) is 3.10. The molecule has 0 aliphatic rings. The van der Waals surface area contributed by atoms with E-state index in [9.17, 15) is 0 Å². The Balaban J connectivity index is 1.18. The van der Waals surface area contributed by atoms with Crippen LogP contribution in [0.15, 0.2) is 182 Å². The van der Waals surface area contributed by atoms with Gasteiger partial charge in [0.1, 0.15) is 23.0 Å². The van der Waals surface area contributed by atoms with Gasteiger partial charge in [0.25, 0.3) is 0 Å². The lowest BCUT2D eigenvalue weighted by Crippen LogP contribution is -1.91. The largest absolute Gasteiger partial charge is 0.457 e. The summed E-state index contributed by atoms with van der Waals surface area (Å²) in [7, 11) is 0. The third kappa shape index (κ3) is 6.16. The van der Waals surface area contributed by atoms with Crippen molar-refractivity contribution in [3.05, 3.63) is 182 Å². The van der Waals surface area contributed by atoms with E-state index < -0.39 is 0 Å². The smallest absolute Gasteiger partial charge is 0.135 e. The summed E-state index contributed by atoms with van der Waals surface area (Å²) in [4.78, 5) is 0. The Morgan fingerprint density at radius 3 is 1.30 bits per heavy atom. The SMILES string of the molecule is c1ccc(Oc2cccc(-c3cccc(-c4cccc(Oc5ccc(-c6ccccc6)cc5-c5ccccc5)c4)c3)c2)cc1. The Labute approximate surface area is 258 Å². The fraction of sp³-hybridized carbons (Fsp3) is 0. The highest BCUT2D eigenvalue weighted by Crippen LogP contribution is 2.38. The molecule has 2 nitrogen and oxygen atoms in total. The second kappa shape index (κ2) is 12.6. The lowest BCUT2D eigenvalue weighted by molar-refractivity contribution is 0.483. The molecule has 0 atom stereocenters. The molecule has 0 aromatic heterocycles. The molecule has 0 saturated heterocycles. The molecular formula is C42H30O2. The van der Waals surface area contributed by atoms with E-state index >= 15 is 0 Å². The topological polar surface area (TPSA) is 18.5 Å². The summed E-state index contributed by atoms with van der Waals surface area (Å²) in [6.07, 6.45) is 0. The summed E-state index contributed by atoms with van der Waals surface area (Å²) in [5.74, 6) is 3.23. The Kier molecular flexibility index (Phi) is 7.71. The van der Waals surface area contributed by atoms with Crippen LogP contribution in [0.2, 0.25) is 0 Å². The predicted octanol–water partition coefficient (Wildman–Crippen LogP) is 11.9. The van der Waals surface area contributed by atoms with Crippen LogP contribution in [-0.4, -0.2) is 0 Å². The lowest BCUT2D eigenvalue weighted by atomic mass is 9.98. The maximum absolute atomic E-state index is 6.59. The van der Waals surface area contributed by atoms with Crippen molar-refractivity contribution in [3.8, 4) is 67.5 Å². The lowest BCUT2D eigenvalue weighted by Gasteiger charge is -2.15. The Morgan fingerprint density at radius 2 is 0.682 bits per heavy atom. The van der Waals surface area contributed by atoms with Gasteiger partial charge in [-0.05, 0) is 93.5 Å². The van der Waals surface area contributed by atoms with Crippen molar-refractivity contribution < 1.29 is 9.47 Å². The second-order valence-corrected chi connectivity index (χ2v) is 10.6. The van der Waals surface area contributed by atoms with E-state index in [-0.39, 0.29) is 0 Å². The summed E-state index contributed by atoms with van der Waals surface area (Å²) < 4.78 is 12.7. The molecule has 0 amide bonds. The number of ether oxygens (including phenoxy) is 2. The van der Waals surface area contributed by atoms with Gasteiger partial charge in [-0.2, -0.15) is 0 Å². The van der Waals surface area contributed by atoms with Crippen LogP contribution in [0, 0.1) is 0 Å². The van der Waals surface area contributed by atoms with Crippen LogP contribution < -0.4 is 9.47 Å². The fourth-order valence-corrected chi connectivity index (χ4v) is 5.38. The highest BCUT2D eigenvalue weighted by molar-refractivity contribution is 5.79. The Morgan fingerprint density at radius 1 is 0.250 bits per heavy atom. The molecule has 2 heteroatoms. The molecule has 0 spiro atoms. The third-order valence-electron chi connectivity index (χ3n) is 7.58. The molecule has 0 saturated carbocycles. The van der Waals surface area contributed by atoms with Crippen LogP contribution >= 0.6 is 0 Å². The van der Waals surface area contributed by atoms with Crippen molar-refractivity contribution >= 4 is 0 Å². The van der Waals surface area contributed by atoms with Gasteiger partial charge >= 0.3 is 0 Å². The summed E-state index contributed by atoms with van der Waals surface area (Å²) in [5.41, 5.74) is 8.91. The summed E-state index contributed by atoms with van der Waals surface area (Å²) in [5, 5.41) is 0. The summed E-state index contributed by atoms with van der Waals surface area (Å²) >= 11 is 0. The van der Waals surface area contributed by atoms with Crippen LogP contribution in [0.25, 0.3) is 44.5 Å². The quantitative estimate of drug-likeness (QED) is 0.182. The highest BCUT2D eigenvalue weighted by Gasteiger charge is 2.11. The summed E-state index contributed by atoms with van der Waals surface area (Å²) in [6, 6.07) is 62.2. The Hall–Kier alpha value is -5.86. The number of benzene rings is 7. The molecule has 0 heterocycles. The fourth-order valence-electron chi connectivity index (χ4n) is 5.38. The van der Waals surface area contributed by atoms with Gasteiger partial charge in [-0.25, -0.2) is 0 Å². The van der Waals surface area contributed by atoms with Gasteiger partial charge in [-0.3, -0.25) is 0 Å². The molecule has 0 aliphatic heterocycles. The summed E-state index contributed by atoms with van der Waals surface area (Å²) in [6.45, 7) is 0. The molecule has 7 rings (SSSR count). The molecule has 0 fully saturated rings. The molecule has 0 N–H and O–H groups in total. The van der Waals surface area contributed by atoms with Gasteiger partial charge < -0.3 is 9.47 Å². The first kappa shape index (κ1) is 27.0. The van der Waals surface area contributed by atoms with Crippen LogP contribution in [-0.2, 0) is 0 Å². The zero-order valence-electron chi connectivity index (χ0n) is 24.1. The second-order valence-electron chi connectivity index (χ2n) is 10.6. The van der Waals surface area contributed by atoms with Gasteiger partial charge in [-0.1, -0.05) is 127 Å². The van der Waals surface area contributed by atoms with E-state index in [1.807, 2.05) is 66.7 Å². The molecule has 7 aromatic rings. The molecule has 44 heavy (non-hydrogen) atoms. The van der Waals surface area contributed by atoms with Crippen molar-refractivity contribution in [3.63, 3.8) is 0 Å². The molecule has 0 unspecified atom stereocenters. The van der Waals surface area contributed by atoms with Crippen LogP contribution in [0.1, 0.15) is 0 Å². The van der Waals surface area contributed by atoms with E-state index in [2.05, 4.69) is 115 Å². The van der Waals surface area contributed by atoms with Crippen molar-refractivity contribution in [1.82, 2.24) is 0 Å². The Bertz CT molecular complexity index is 2000. The maximum atomic E-state index is 6.59. The van der Waals surface area contributed by atoms with Gasteiger partial charge in [0.15, 0.2) is 0 Å². The minimum absolute atomic E-state index is 0.788. The van der Waals surface area contributed by atoms with E-state index in [1.54, 1.807) is 0 Å². The predicted molar refractivity (Wildman–Crippen MR) is 181 cm³/mol. The number of hydrogen-bond donors (Lipinski definition) is 0. The minimum Gasteiger partial charge on any atom is -0.457 e. The van der Waals surface area contributed by atoms with E-state index in [0.717, 1.165) is 61.9 Å². The standard InChI is InChI=1S/C42H30O2/c1-4-13-31(14-5-1)37-25-26-42(41(30-37)32-15-6-2-7-16-32)44-40-24-12-20-36(29-40)34-18-10-17-33(27-34)35-19-11-23-39(28-35)43-38-21-8-3-9-22-38/h1-30H. The van der Waals surface area contributed by atoms with Crippen molar-refractivity contribution in [2.75, 3.05) is 0 Å². The number of para-hydroxylation sites is 1. The van der Waals surface area contributed by atoms with E-state index in [1.165, 1.54) is 5.56 Å². The van der Waals surface area contributed by atoms with Crippen molar-refractivity contribution in [2.45, 2.75) is 0 Å². The van der Waals surface area contributed by atoms with Gasteiger partial charge in [0.2, 0.25) is 0 Å². The first-order valence-electron chi connectivity index (χ1n) is 14.8. The van der Waals surface area contributed by atoms with Crippen LogP contribution in [0.3, 0.4) is 0 Å². The van der Waals surface area contributed by atoms with Gasteiger partial charge in [-0.15, -0.1) is 0 Å². The third-order valence-corrected chi connectivity index (χ3v) is 7.58. The van der Waals surface area contributed by atoms with Crippen LogP contribution in [0.5, 0.6) is 23.0 Å². The van der Waals surface area contributed by atoms with Gasteiger partial charge in [0.05, 0.1) is 0 Å². The number of rotatable bonds is 8. The molecular weight excluding hydrogens is 536 g/mol. The first-order chi connectivity index (χ1) is 21.8. The first-order valence-corrected chi connectivity index (χ1v) is 14.8. The van der Waals surface area contributed by atoms with E-state index in [4.69, 9.17) is 9.47 Å². The minimum atomic E-state index is 0.788. The number of hydrogen-bond acceptors (Lipinski definition) is 2. The zero-order chi connectivity index (χ0) is 29.6. The molecule has 7 aromatic carbocycles. The zero-order valence-corrected chi connectivity index (χ0v) is 24.1. The van der Waals surface area contributed by atoms with Crippen molar-refractivity contribution in [1.29, 1.82) is 0 Å². The van der Waals surface area contributed by atoms with Crippen LogP contribution in [0.4, 0.5) is 0 Å². The van der Waals surface area contributed by atoms with E-state index in [0.29, 0.717) is 0 Å². The normalized spacial score (nSPS) is 10.7. The monoisotopic (exact) mass is 566 g/mol. The average molecular weight is 567 g/mol. The molecule has 210 valence electrons. The highest BCUT2D eigenvalue weighted by atomic mass is 16.5. The van der Waals surface area contributed by atoms with Crippen molar-refractivity contribution in [2.24, 2.45) is 0 Å². The van der Waals surface area contributed by atoms with Gasteiger partial charge in [0, 0.05) is 5.56 Å².